The van der Waals surface area contributed by atoms with E-state index in [9.17, 15) is 0 Å². The second-order valence-corrected chi connectivity index (χ2v) is 5.98. The van der Waals surface area contributed by atoms with Gasteiger partial charge in [-0.15, -0.1) is 15.3 Å². The van der Waals surface area contributed by atoms with Crippen molar-refractivity contribution in [2.75, 3.05) is 6.54 Å². The lowest BCUT2D eigenvalue weighted by Gasteiger charge is -1.97. The van der Waals surface area contributed by atoms with Crippen LogP contribution in [0.2, 0.25) is 0 Å². The molecule has 1 fully saturated rings. The molecule has 0 unspecified atom stereocenters. The summed E-state index contributed by atoms with van der Waals surface area (Å²) in [4.78, 5) is 1.05. The molecule has 0 amide bonds. The van der Waals surface area contributed by atoms with Gasteiger partial charge in [-0.25, -0.2) is 0 Å². The first kappa shape index (κ1) is 11.2. The molecule has 17 heavy (non-hydrogen) atoms. The van der Waals surface area contributed by atoms with Gasteiger partial charge in [0.2, 0.25) is 0 Å². The standard InChI is InChI=1S/C10H13N5S2/c1-6-9(17-15-12-6)10-14-13-8(16-10)4-5-11-7-2-3-7/h7,11H,2-5H2,1H3. The zero-order chi connectivity index (χ0) is 11.7. The van der Waals surface area contributed by atoms with Crippen molar-refractivity contribution in [2.24, 2.45) is 0 Å². The lowest BCUT2D eigenvalue weighted by molar-refractivity contribution is 0.677. The molecule has 0 atom stereocenters. The van der Waals surface area contributed by atoms with Gasteiger partial charge in [0.1, 0.15) is 9.88 Å². The summed E-state index contributed by atoms with van der Waals surface area (Å²) >= 11 is 3.03. The summed E-state index contributed by atoms with van der Waals surface area (Å²) in [7, 11) is 0. The quantitative estimate of drug-likeness (QED) is 0.892. The second-order valence-electron chi connectivity index (χ2n) is 4.17. The van der Waals surface area contributed by atoms with Crippen molar-refractivity contribution in [3.05, 3.63) is 10.7 Å². The van der Waals surface area contributed by atoms with E-state index < -0.39 is 0 Å². The van der Waals surface area contributed by atoms with E-state index in [0.29, 0.717) is 0 Å². The van der Waals surface area contributed by atoms with E-state index in [-0.39, 0.29) is 0 Å². The highest BCUT2D eigenvalue weighted by Gasteiger charge is 2.20. The van der Waals surface area contributed by atoms with Crippen LogP contribution in [0.5, 0.6) is 0 Å². The molecule has 7 heteroatoms. The first-order chi connectivity index (χ1) is 8.33. The Labute approximate surface area is 107 Å². The third-order valence-electron chi connectivity index (χ3n) is 2.66. The van der Waals surface area contributed by atoms with Crippen LogP contribution in [0.1, 0.15) is 23.5 Å². The van der Waals surface area contributed by atoms with Crippen molar-refractivity contribution in [1.29, 1.82) is 0 Å². The molecule has 0 saturated heterocycles. The van der Waals surface area contributed by atoms with E-state index in [1.807, 2.05) is 6.92 Å². The third-order valence-corrected chi connectivity index (χ3v) is 4.63. The molecule has 2 heterocycles. The van der Waals surface area contributed by atoms with Crippen LogP contribution in [0.3, 0.4) is 0 Å². The molecular weight excluding hydrogens is 254 g/mol. The Morgan fingerprint density at radius 2 is 2.18 bits per heavy atom. The molecule has 3 rings (SSSR count). The van der Waals surface area contributed by atoms with E-state index in [2.05, 4.69) is 25.1 Å². The Morgan fingerprint density at radius 3 is 2.88 bits per heavy atom. The molecule has 2 aromatic rings. The highest BCUT2D eigenvalue weighted by Crippen LogP contribution is 2.28. The molecule has 0 aromatic carbocycles. The maximum Gasteiger partial charge on any atom is 0.161 e. The molecular formula is C10H13N5S2. The minimum Gasteiger partial charge on any atom is -0.314 e. The van der Waals surface area contributed by atoms with Crippen LogP contribution in [0.25, 0.3) is 9.88 Å². The fourth-order valence-corrected chi connectivity index (χ4v) is 3.15. The van der Waals surface area contributed by atoms with Crippen molar-refractivity contribution >= 4 is 22.9 Å². The third kappa shape index (κ3) is 2.67. The number of aromatic nitrogens is 4. The average molecular weight is 267 g/mol. The van der Waals surface area contributed by atoms with E-state index >= 15 is 0 Å². The van der Waals surface area contributed by atoms with Crippen LogP contribution >= 0.6 is 22.9 Å². The van der Waals surface area contributed by atoms with Gasteiger partial charge in [0.05, 0.1) is 5.69 Å². The van der Waals surface area contributed by atoms with Gasteiger partial charge in [-0.3, -0.25) is 0 Å². The van der Waals surface area contributed by atoms with Crippen LogP contribution in [0, 0.1) is 6.92 Å². The highest BCUT2D eigenvalue weighted by molar-refractivity contribution is 7.19. The Balaban J connectivity index is 1.63. The monoisotopic (exact) mass is 267 g/mol. The second kappa shape index (κ2) is 4.75. The van der Waals surface area contributed by atoms with Gasteiger partial charge in [-0.1, -0.05) is 15.8 Å². The minimum absolute atomic E-state index is 0.760. The largest absolute Gasteiger partial charge is 0.314 e. The predicted molar refractivity (Wildman–Crippen MR) is 68.3 cm³/mol. The van der Waals surface area contributed by atoms with Gasteiger partial charge in [0, 0.05) is 19.0 Å². The predicted octanol–water partition coefficient (Wildman–Crippen LogP) is 1.66. The summed E-state index contributed by atoms with van der Waals surface area (Å²) < 4.78 is 3.92. The topological polar surface area (TPSA) is 63.6 Å². The maximum absolute atomic E-state index is 4.21. The van der Waals surface area contributed by atoms with E-state index in [1.54, 1.807) is 11.3 Å². The number of rotatable bonds is 5. The van der Waals surface area contributed by atoms with Crippen LogP contribution in [-0.4, -0.2) is 32.4 Å². The smallest absolute Gasteiger partial charge is 0.161 e. The molecule has 0 bridgehead atoms. The van der Waals surface area contributed by atoms with Gasteiger partial charge in [0.15, 0.2) is 5.01 Å². The van der Waals surface area contributed by atoms with Crippen LogP contribution < -0.4 is 5.32 Å². The summed E-state index contributed by atoms with van der Waals surface area (Å²) in [5.41, 5.74) is 0.939. The zero-order valence-electron chi connectivity index (χ0n) is 9.51. The van der Waals surface area contributed by atoms with E-state index in [4.69, 9.17) is 0 Å². The van der Waals surface area contributed by atoms with Crippen LogP contribution in [0.15, 0.2) is 0 Å². The fraction of sp³-hybridized carbons (Fsp3) is 0.600. The van der Waals surface area contributed by atoms with E-state index in [0.717, 1.165) is 39.6 Å². The number of nitrogens with zero attached hydrogens (tertiary/aromatic N) is 4. The van der Waals surface area contributed by atoms with Crippen LogP contribution in [-0.2, 0) is 6.42 Å². The molecule has 90 valence electrons. The molecule has 1 N–H and O–H groups in total. The van der Waals surface area contributed by atoms with Gasteiger partial charge in [-0.2, -0.15) is 0 Å². The minimum atomic E-state index is 0.760. The summed E-state index contributed by atoms with van der Waals surface area (Å²) in [5, 5.41) is 17.9. The SMILES string of the molecule is Cc1nnsc1-c1nnc(CCNC2CC2)s1. The molecule has 1 saturated carbocycles. The Bertz CT molecular complexity index is 502. The Kier molecular flexibility index (Phi) is 3.13. The number of aryl methyl sites for hydroxylation is 1. The van der Waals surface area contributed by atoms with Crippen molar-refractivity contribution in [3.63, 3.8) is 0 Å². The molecule has 0 radical (unpaired) electrons. The first-order valence-electron chi connectivity index (χ1n) is 5.68. The lowest BCUT2D eigenvalue weighted by atomic mass is 10.4. The number of nitrogens with one attached hydrogen (secondary N) is 1. The highest BCUT2D eigenvalue weighted by atomic mass is 32.1. The molecule has 1 aliphatic rings. The Hall–Kier alpha value is -0.920. The Morgan fingerprint density at radius 1 is 1.29 bits per heavy atom. The summed E-state index contributed by atoms with van der Waals surface area (Å²) in [6.07, 6.45) is 3.61. The van der Waals surface area contributed by atoms with Crippen molar-refractivity contribution in [2.45, 2.75) is 32.2 Å². The van der Waals surface area contributed by atoms with Crippen molar-refractivity contribution in [3.8, 4) is 9.88 Å². The van der Waals surface area contributed by atoms with Gasteiger partial charge in [-0.05, 0) is 31.3 Å². The summed E-state index contributed by atoms with van der Waals surface area (Å²) in [6.45, 7) is 2.95. The number of hydrogen-bond acceptors (Lipinski definition) is 7. The molecule has 5 nitrogen and oxygen atoms in total. The summed E-state index contributed by atoms with van der Waals surface area (Å²) in [5.74, 6) is 0. The van der Waals surface area contributed by atoms with E-state index in [1.165, 1.54) is 24.4 Å². The van der Waals surface area contributed by atoms with Crippen molar-refractivity contribution in [1.82, 2.24) is 25.1 Å². The average Bonchev–Trinajstić information content (AvgIpc) is 2.85. The lowest BCUT2D eigenvalue weighted by Crippen LogP contribution is -2.19. The fourth-order valence-electron chi connectivity index (χ4n) is 1.54. The van der Waals surface area contributed by atoms with Crippen molar-refractivity contribution < 1.29 is 0 Å². The molecule has 2 aromatic heterocycles. The first-order valence-corrected chi connectivity index (χ1v) is 7.27. The molecule has 0 aliphatic heterocycles. The number of hydrogen-bond donors (Lipinski definition) is 1. The van der Waals surface area contributed by atoms with Crippen LogP contribution in [0.4, 0.5) is 0 Å². The normalized spacial score (nSPS) is 15.4. The maximum atomic E-state index is 4.21. The summed E-state index contributed by atoms with van der Waals surface area (Å²) in [6, 6.07) is 0.760. The molecule has 0 spiro atoms. The van der Waals surface area contributed by atoms with Gasteiger partial charge >= 0.3 is 0 Å². The molecule has 1 aliphatic carbocycles. The zero-order valence-corrected chi connectivity index (χ0v) is 11.1. The van der Waals surface area contributed by atoms with Gasteiger partial charge in [0.25, 0.3) is 0 Å². The van der Waals surface area contributed by atoms with Gasteiger partial charge < -0.3 is 5.32 Å².